The number of hydrogen-bond acceptors (Lipinski definition) is 7. The fraction of sp³-hybridized carbons (Fsp3) is 0.250. The third kappa shape index (κ3) is 2.01. The summed E-state index contributed by atoms with van der Waals surface area (Å²) >= 11 is 1.22. The van der Waals surface area contributed by atoms with Crippen LogP contribution in [0.15, 0.2) is 16.8 Å². The fourth-order valence-corrected chi connectivity index (χ4v) is 1.45. The highest BCUT2D eigenvalue weighted by Gasteiger charge is 2.17. The lowest BCUT2D eigenvalue weighted by Crippen LogP contribution is -2.06. The van der Waals surface area contributed by atoms with Crippen LogP contribution in [0.3, 0.4) is 0 Å². The van der Waals surface area contributed by atoms with Crippen molar-refractivity contribution < 1.29 is 14.1 Å². The maximum atomic E-state index is 11.2. The van der Waals surface area contributed by atoms with Crippen LogP contribution >= 0.6 is 11.5 Å². The molecule has 6 nitrogen and oxygen atoms in total. The Hall–Kier alpha value is -1.76. The van der Waals surface area contributed by atoms with E-state index in [-0.39, 0.29) is 18.3 Å². The monoisotopic (exact) mass is 225 g/mol. The number of carbonyl (C=O) groups excluding carboxylic acids is 1. The minimum absolute atomic E-state index is 0.0692. The molecular weight excluding hydrogens is 218 g/mol. The molecule has 15 heavy (non-hydrogen) atoms. The highest BCUT2D eigenvalue weighted by Crippen LogP contribution is 2.20. The Kier molecular flexibility index (Phi) is 2.72. The maximum Gasteiger partial charge on any atom is 0.379 e. The van der Waals surface area contributed by atoms with Crippen LogP contribution in [0.25, 0.3) is 10.8 Å². The van der Waals surface area contributed by atoms with E-state index in [1.807, 2.05) is 0 Å². The lowest BCUT2D eigenvalue weighted by molar-refractivity contribution is 0.0508. The van der Waals surface area contributed by atoms with Gasteiger partial charge in [-0.25, -0.2) is 9.17 Å². The summed E-state index contributed by atoms with van der Waals surface area (Å²) < 4.78 is 13.5. The Morgan fingerprint density at radius 3 is 3.20 bits per heavy atom. The van der Waals surface area contributed by atoms with E-state index in [2.05, 4.69) is 14.5 Å². The molecule has 0 unspecified atom stereocenters. The summed E-state index contributed by atoms with van der Waals surface area (Å²) in [6.07, 6.45) is 1.62. The summed E-state index contributed by atoms with van der Waals surface area (Å²) in [5.41, 5.74) is 0. The first-order valence-corrected chi connectivity index (χ1v) is 5.00. The number of aromatic nitrogens is 3. The molecule has 0 saturated carbocycles. The van der Waals surface area contributed by atoms with E-state index in [4.69, 9.17) is 9.26 Å². The van der Waals surface area contributed by atoms with Crippen LogP contribution in [0.4, 0.5) is 0 Å². The van der Waals surface area contributed by atoms with Crippen molar-refractivity contribution in [1.82, 2.24) is 14.5 Å². The third-order valence-corrected chi connectivity index (χ3v) is 2.27. The highest BCUT2D eigenvalue weighted by molar-refractivity contribution is 7.09. The molecule has 0 fully saturated rings. The molecule has 0 atom stereocenters. The van der Waals surface area contributed by atoms with Gasteiger partial charge in [0, 0.05) is 6.20 Å². The lowest BCUT2D eigenvalue weighted by Gasteiger charge is -1.93. The molecule has 0 aromatic carbocycles. The molecule has 0 spiro atoms. The number of ether oxygens (including phenoxy) is 1. The highest BCUT2D eigenvalue weighted by atomic mass is 32.1. The van der Waals surface area contributed by atoms with Gasteiger partial charge in [-0.05, 0) is 29.7 Å². The van der Waals surface area contributed by atoms with Gasteiger partial charge in [-0.3, -0.25) is 0 Å². The topological polar surface area (TPSA) is 78.1 Å². The molecule has 2 aromatic heterocycles. The molecule has 0 bridgehead atoms. The van der Waals surface area contributed by atoms with Gasteiger partial charge < -0.3 is 9.26 Å². The molecule has 78 valence electrons. The molecule has 0 aliphatic rings. The molecule has 0 aliphatic carbocycles. The molecule has 0 saturated heterocycles. The Morgan fingerprint density at radius 2 is 2.53 bits per heavy atom. The smallest absolute Gasteiger partial charge is 0.379 e. The zero-order valence-electron chi connectivity index (χ0n) is 7.84. The molecule has 2 aromatic rings. The van der Waals surface area contributed by atoms with Crippen LogP contribution in [0.5, 0.6) is 0 Å². The number of carbonyl (C=O) groups is 1. The van der Waals surface area contributed by atoms with E-state index in [0.29, 0.717) is 0 Å². The molecule has 2 rings (SSSR count). The number of nitrogens with zero attached hydrogens (tertiary/aromatic N) is 3. The van der Waals surface area contributed by atoms with Gasteiger partial charge in [0.05, 0.1) is 6.61 Å². The first kappa shape index (κ1) is 9.78. The van der Waals surface area contributed by atoms with Crippen LogP contribution in [0.1, 0.15) is 17.5 Å². The largest absolute Gasteiger partial charge is 0.460 e. The second-order valence-corrected chi connectivity index (χ2v) is 3.35. The van der Waals surface area contributed by atoms with Gasteiger partial charge >= 0.3 is 5.97 Å². The van der Waals surface area contributed by atoms with Crippen LogP contribution in [-0.2, 0) is 4.74 Å². The zero-order chi connectivity index (χ0) is 10.7. The van der Waals surface area contributed by atoms with Crippen molar-refractivity contribution in [3.05, 3.63) is 18.1 Å². The fourth-order valence-electron chi connectivity index (χ4n) is 0.928. The average molecular weight is 225 g/mol. The Balaban J connectivity index is 2.21. The van der Waals surface area contributed by atoms with Gasteiger partial charge in [0.15, 0.2) is 0 Å². The van der Waals surface area contributed by atoms with E-state index >= 15 is 0 Å². The van der Waals surface area contributed by atoms with Crippen molar-refractivity contribution in [2.75, 3.05) is 6.61 Å². The van der Waals surface area contributed by atoms with Crippen molar-refractivity contribution in [2.45, 2.75) is 6.92 Å². The first-order chi connectivity index (χ1) is 7.31. The van der Waals surface area contributed by atoms with Gasteiger partial charge in [0.2, 0.25) is 0 Å². The molecule has 2 heterocycles. The quantitative estimate of drug-likeness (QED) is 0.734. The minimum Gasteiger partial charge on any atom is -0.460 e. The zero-order valence-corrected chi connectivity index (χ0v) is 8.65. The summed E-state index contributed by atoms with van der Waals surface area (Å²) in [5.74, 6) is -0.377. The van der Waals surface area contributed by atoms with Gasteiger partial charge in [-0.2, -0.15) is 4.98 Å². The van der Waals surface area contributed by atoms with Crippen molar-refractivity contribution >= 4 is 17.5 Å². The predicted octanol–water partition coefficient (Wildman–Crippen LogP) is 1.37. The van der Waals surface area contributed by atoms with E-state index in [0.717, 1.165) is 4.88 Å². The summed E-state index contributed by atoms with van der Waals surface area (Å²) in [6.45, 7) is 1.99. The predicted molar refractivity (Wildman–Crippen MR) is 51.4 cm³/mol. The summed E-state index contributed by atoms with van der Waals surface area (Å²) in [5, 5.41) is 3.51. The SMILES string of the molecule is CCOC(=O)c1noc(-c2ccns2)n1. The summed E-state index contributed by atoms with van der Waals surface area (Å²) in [4.78, 5) is 15.8. The second-order valence-electron chi connectivity index (χ2n) is 2.52. The first-order valence-electron chi connectivity index (χ1n) is 4.23. The molecule has 0 radical (unpaired) electrons. The van der Waals surface area contributed by atoms with Gasteiger partial charge in [-0.1, -0.05) is 0 Å². The summed E-state index contributed by atoms with van der Waals surface area (Å²) in [6, 6.07) is 1.73. The number of rotatable bonds is 3. The molecule has 7 heteroatoms. The molecule has 0 aliphatic heterocycles. The second kappa shape index (κ2) is 4.18. The van der Waals surface area contributed by atoms with Gasteiger partial charge in [-0.15, -0.1) is 0 Å². The minimum atomic E-state index is -0.586. The van der Waals surface area contributed by atoms with E-state index in [1.165, 1.54) is 11.5 Å². The van der Waals surface area contributed by atoms with Crippen molar-refractivity contribution in [1.29, 1.82) is 0 Å². The van der Waals surface area contributed by atoms with Crippen molar-refractivity contribution in [3.8, 4) is 10.8 Å². The standard InChI is InChI=1S/C8H7N3O3S/c1-2-13-8(12)6-10-7(14-11-6)5-3-4-9-15-5/h3-4H,2H2,1H3. The van der Waals surface area contributed by atoms with E-state index in [9.17, 15) is 4.79 Å². The molecule has 0 N–H and O–H groups in total. The van der Waals surface area contributed by atoms with Crippen molar-refractivity contribution in [2.24, 2.45) is 0 Å². The van der Waals surface area contributed by atoms with E-state index < -0.39 is 5.97 Å². The Morgan fingerprint density at radius 1 is 1.67 bits per heavy atom. The normalized spacial score (nSPS) is 10.2. The molecule has 0 amide bonds. The lowest BCUT2D eigenvalue weighted by atomic mass is 10.5. The van der Waals surface area contributed by atoms with Crippen LogP contribution in [0, 0.1) is 0 Å². The van der Waals surface area contributed by atoms with Crippen LogP contribution < -0.4 is 0 Å². The van der Waals surface area contributed by atoms with Crippen LogP contribution in [0.2, 0.25) is 0 Å². The Bertz CT molecular complexity index is 451. The van der Waals surface area contributed by atoms with Gasteiger partial charge in [0.25, 0.3) is 11.7 Å². The van der Waals surface area contributed by atoms with Gasteiger partial charge in [0.1, 0.15) is 4.88 Å². The maximum absolute atomic E-state index is 11.2. The van der Waals surface area contributed by atoms with Crippen LogP contribution in [-0.4, -0.2) is 27.1 Å². The molecular formula is C8H7N3O3S. The van der Waals surface area contributed by atoms with Crippen molar-refractivity contribution in [3.63, 3.8) is 0 Å². The van der Waals surface area contributed by atoms with E-state index in [1.54, 1.807) is 19.2 Å². The average Bonchev–Trinajstić information content (AvgIpc) is 2.89. The number of hydrogen-bond donors (Lipinski definition) is 0. The summed E-state index contributed by atoms with van der Waals surface area (Å²) in [7, 11) is 0. The Labute approximate surface area is 89.0 Å². The third-order valence-electron chi connectivity index (χ3n) is 1.53. The number of esters is 1.